The van der Waals surface area contributed by atoms with E-state index in [1.807, 2.05) is 75.4 Å². The number of nitroso groups, excluding NO2 is 1. The van der Waals surface area contributed by atoms with Crippen molar-refractivity contribution in [2.45, 2.75) is 31.2 Å². The molecule has 0 aliphatic heterocycles. The van der Waals surface area contributed by atoms with Gasteiger partial charge in [0.25, 0.3) is 5.91 Å². The lowest BCUT2D eigenvalue weighted by Crippen LogP contribution is -2.29. The van der Waals surface area contributed by atoms with E-state index >= 15 is 0 Å². The predicted molar refractivity (Wildman–Crippen MR) is 170 cm³/mol. The molecule has 10 heteroatoms. The van der Waals surface area contributed by atoms with E-state index < -0.39 is 5.54 Å². The van der Waals surface area contributed by atoms with Crippen LogP contribution in [0.5, 0.6) is 11.6 Å². The van der Waals surface area contributed by atoms with Crippen LogP contribution in [0.1, 0.15) is 35.3 Å². The average molecular weight is 586 g/mol. The molecule has 0 bridgehead atoms. The highest BCUT2D eigenvalue weighted by Gasteiger charge is 2.22. The highest BCUT2D eigenvalue weighted by molar-refractivity contribution is 8.00. The van der Waals surface area contributed by atoms with Gasteiger partial charge in [0.2, 0.25) is 5.88 Å². The van der Waals surface area contributed by atoms with Gasteiger partial charge in [-0.1, -0.05) is 29.4 Å². The lowest BCUT2D eigenvalue weighted by molar-refractivity contribution is 0.0951. The maximum absolute atomic E-state index is 12.5. The molecule has 0 fully saturated rings. The van der Waals surface area contributed by atoms with Crippen LogP contribution >= 0.6 is 11.9 Å². The van der Waals surface area contributed by atoms with Gasteiger partial charge in [0.15, 0.2) is 0 Å². The molecule has 0 radical (unpaired) electrons. The number of amides is 1. The molecule has 1 amide bonds. The van der Waals surface area contributed by atoms with Crippen molar-refractivity contribution in [3.05, 3.63) is 101 Å². The summed E-state index contributed by atoms with van der Waals surface area (Å²) in [5.74, 6) is 0.815. The zero-order valence-corrected chi connectivity index (χ0v) is 25.2. The molecule has 0 saturated heterocycles. The smallest absolute Gasteiger partial charge is 0.256 e. The summed E-state index contributed by atoms with van der Waals surface area (Å²) in [5.41, 5.74) is 5.37. The summed E-state index contributed by atoms with van der Waals surface area (Å²) < 4.78 is 14.3. The Labute approximate surface area is 250 Å². The van der Waals surface area contributed by atoms with Crippen LogP contribution in [0.2, 0.25) is 0 Å². The van der Waals surface area contributed by atoms with Crippen molar-refractivity contribution in [1.29, 1.82) is 0 Å². The first-order chi connectivity index (χ1) is 20.2. The summed E-state index contributed by atoms with van der Waals surface area (Å²) in [5, 5.41) is 9.51. The Morgan fingerprint density at radius 3 is 2.50 bits per heavy atom. The number of nitrogens with one attached hydrogen (secondary N) is 3. The number of aromatic nitrogens is 1. The third kappa shape index (κ3) is 7.38. The van der Waals surface area contributed by atoms with Crippen molar-refractivity contribution in [3.63, 3.8) is 0 Å². The maximum Gasteiger partial charge on any atom is 0.256 e. The van der Waals surface area contributed by atoms with Crippen molar-refractivity contribution in [2.24, 2.45) is 5.18 Å². The summed E-state index contributed by atoms with van der Waals surface area (Å²) in [7, 11) is 3.15. The molecule has 9 nitrogen and oxygen atoms in total. The molecule has 218 valence electrons. The normalized spacial score (nSPS) is 11.0. The summed E-state index contributed by atoms with van der Waals surface area (Å²) in [6.45, 7) is 6.62. The molecule has 0 unspecified atom stereocenters. The fraction of sp³-hybridized carbons (Fsp3) is 0.250. The zero-order chi connectivity index (χ0) is 30.1. The van der Waals surface area contributed by atoms with Crippen LogP contribution in [0.3, 0.4) is 0 Å². The van der Waals surface area contributed by atoms with Crippen molar-refractivity contribution < 1.29 is 14.3 Å². The van der Waals surface area contributed by atoms with Gasteiger partial charge in [-0.05, 0) is 104 Å². The Balaban J connectivity index is 1.40. The molecule has 0 atom stereocenters. The van der Waals surface area contributed by atoms with Crippen LogP contribution in [0.15, 0.2) is 89.1 Å². The number of carbonyl (C=O) groups is 1. The van der Waals surface area contributed by atoms with Crippen LogP contribution in [-0.2, 0) is 5.54 Å². The highest BCUT2D eigenvalue weighted by atomic mass is 32.2. The first-order valence-electron chi connectivity index (χ1n) is 13.4. The summed E-state index contributed by atoms with van der Waals surface area (Å²) in [6.07, 6.45) is 1.58. The number of rotatable bonds is 13. The van der Waals surface area contributed by atoms with Gasteiger partial charge in [0.05, 0.1) is 19.1 Å². The largest absolute Gasteiger partial charge is 0.496 e. The fourth-order valence-corrected chi connectivity index (χ4v) is 5.12. The van der Waals surface area contributed by atoms with E-state index in [9.17, 15) is 9.70 Å². The van der Waals surface area contributed by atoms with Gasteiger partial charge in [0, 0.05) is 30.7 Å². The molecule has 3 aromatic carbocycles. The van der Waals surface area contributed by atoms with E-state index in [4.69, 9.17) is 9.47 Å². The number of hydrogen-bond donors (Lipinski definition) is 3. The van der Waals surface area contributed by atoms with Crippen molar-refractivity contribution >= 4 is 29.2 Å². The minimum atomic E-state index is -0.812. The zero-order valence-electron chi connectivity index (χ0n) is 24.4. The average Bonchev–Trinajstić information content (AvgIpc) is 3.02. The van der Waals surface area contributed by atoms with Gasteiger partial charge in [-0.25, -0.2) is 4.98 Å². The molecule has 4 aromatic rings. The standard InChI is InChI=1S/C32H35N5O4S/c1-21-17-28(40-4)29(20-27(21)22-9-6-10-23(18-22)32(2,3)37-39)42-36-25-12-7-11-24(19-25)33-15-16-34-30(38)26-13-8-14-35-31(26)41-5/h6-14,17-20,33,36H,15-16H2,1-5H3,(H,34,38). The molecule has 0 aliphatic rings. The molecule has 1 heterocycles. The van der Waals surface area contributed by atoms with E-state index in [0.29, 0.717) is 24.5 Å². The van der Waals surface area contributed by atoms with Gasteiger partial charge in [-0.2, -0.15) is 0 Å². The third-order valence-corrected chi connectivity index (χ3v) is 7.59. The van der Waals surface area contributed by atoms with Crippen LogP contribution in [0.4, 0.5) is 11.4 Å². The van der Waals surface area contributed by atoms with E-state index in [-0.39, 0.29) is 5.91 Å². The Morgan fingerprint density at radius 2 is 1.74 bits per heavy atom. The molecule has 0 aliphatic carbocycles. The van der Waals surface area contributed by atoms with E-state index in [1.165, 1.54) is 19.1 Å². The minimum Gasteiger partial charge on any atom is -0.496 e. The molecule has 3 N–H and O–H groups in total. The summed E-state index contributed by atoms with van der Waals surface area (Å²) in [6, 6.07) is 23.3. The molecule has 0 spiro atoms. The number of carbonyl (C=O) groups excluding carboxylic acids is 1. The van der Waals surface area contributed by atoms with E-state index in [0.717, 1.165) is 44.3 Å². The number of ether oxygens (including phenoxy) is 2. The Hall–Kier alpha value is -4.57. The van der Waals surface area contributed by atoms with Gasteiger partial charge in [0.1, 0.15) is 16.9 Å². The minimum absolute atomic E-state index is 0.240. The molecule has 1 aromatic heterocycles. The summed E-state index contributed by atoms with van der Waals surface area (Å²) >= 11 is 1.45. The number of anilines is 2. The van der Waals surface area contributed by atoms with Gasteiger partial charge in [-0.3, -0.25) is 4.79 Å². The number of nitrogens with zero attached hydrogens (tertiary/aromatic N) is 2. The SMILES string of the molecule is COc1cc(C)c(-c2cccc(C(C)(C)N=O)c2)cc1SNc1cccc(NCCNC(=O)c2cccnc2OC)c1. The Bertz CT molecular complexity index is 1560. The second-order valence-electron chi connectivity index (χ2n) is 10.1. The summed E-state index contributed by atoms with van der Waals surface area (Å²) in [4.78, 5) is 28.9. The number of hydrogen-bond acceptors (Lipinski definition) is 9. The van der Waals surface area contributed by atoms with Crippen LogP contribution in [-0.4, -0.2) is 38.2 Å². The van der Waals surface area contributed by atoms with Gasteiger partial charge in [-0.15, -0.1) is 4.91 Å². The molecular weight excluding hydrogens is 550 g/mol. The van der Waals surface area contributed by atoms with E-state index in [1.54, 1.807) is 25.4 Å². The molecule has 0 saturated carbocycles. The quantitative estimate of drug-likeness (QED) is 0.0870. The van der Waals surface area contributed by atoms with Crippen LogP contribution in [0, 0.1) is 11.8 Å². The van der Waals surface area contributed by atoms with E-state index in [2.05, 4.69) is 31.6 Å². The molecular formula is C32H35N5O4S. The monoisotopic (exact) mass is 585 g/mol. The van der Waals surface area contributed by atoms with Crippen LogP contribution in [0.25, 0.3) is 11.1 Å². The number of aryl methyl sites for hydroxylation is 1. The van der Waals surface area contributed by atoms with Gasteiger partial charge < -0.3 is 24.8 Å². The maximum atomic E-state index is 12.5. The predicted octanol–water partition coefficient (Wildman–Crippen LogP) is 7.04. The highest BCUT2D eigenvalue weighted by Crippen LogP contribution is 2.38. The lowest BCUT2D eigenvalue weighted by Gasteiger charge is -2.18. The third-order valence-electron chi connectivity index (χ3n) is 6.71. The van der Waals surface area contributed by atoms with Crippen molar-refractivity contribution in [3.8, 4) is 22.8 Å². The first-order valence-corrected chi connectivity index (χ1v) is 14.3. The topological polar surface area (TPSA) is 114 Å². The number of pyridine rings is 1. The second kappa shape index (κ2) is 13.9. The lowest BCUT2D eigenvalue weighted by atomic mass is 9.91. The Kier molecular flexibility index (Phi) is 10.0. The molecule has 4 rings (SSSR count). The first kappa shape index (κ1) is 30.4. The number of methoxy groups -OCH3 is 2. The van der Waals surface area contributed by atoms with Crippen LogP contribution < -0.4 is 24.8 Å². The Morgan fingerprint density at radius 1 is 0.952 bits per heavy atom. The number of benzene rings is 3. The van der Waals surface area contributed by atoms with Gasteiger partial charge >= 0.3 is 0 Å². The second-order valence-corrected chi connectivity index (χ2v) is 10.9. The fourth-order valence-electron chi connectivity index (χ4n) is 4.34. The molecule has 42 heavy (non-hydrogen) atoms. The van der Waals surface area contributed by atoms with Crippen molar-refractivity contribution in [2.75, 3.05) is 37.3 Å². The van der Waals surface area contributed by atoms with Crippen molar-refractivity contribution in [1.82, 2.24) is 10.3 Å².